The van der Waals surface area contributed by atoms with Crippen molar-refractivity contribution in [3.8, 4) is 5.75 Å². The number of nitrogens with one attached hydrogen (secondary N) is 2. The maximum atomic E-state index is 12.2. The fraction of sp³-hybridized carbons (Fsp3) is 0.533. The lowest BCUT2D eigenvalue weighted by Gasteiger charge is -2.16. The molecule has 0 saturated carbocycles. The number of hydrogen-bond acceptors (Lipinski definition) is 4. The molecule has 1 fully saturated rings. The molecule has 110 valence electrons. The van der Waals surface area contributed by atoms with Crippen molar-refractivity contribution in [3.63, 3.8) is 0 Å². The van der Waals surface area contributed by atoms with Crippen LogP contribution in [0.15, 0.2) is 24.3 Å². The van der Waals surface area contributed by atoms with Gasteiger partial charge in [0.2, 0.25) is 0 Å². The second kappa shape index (κ2) is 6.72. The molecule has 0 spiro atoms. The van der Waals surface area contributed by atoms with E-state index in [4.69, 9.17) is 4.74 Å². The Bertz CT molecular complexity index is 462. The van der Waals surface area contributed by atoms with Crippen molar-refractivity contribution < 1.29 is 14.6 Å². The third-order valence-corrected chi connectivity index (χ3v) is 3.32. The van der Waals surface area contributed by atoms with E-state index in [1.54, 1.807) is 12.1 Å². The molecule has 20 heavy (non-hydrogen) atoms. The zero-order chi connectivity index (χ0) is 14.5. The van der Waals surface area contributed by atoms with E-state index in [2.05, 4.69) is 10.6 Å². The van der Waals surface area contributed by atoms with Crippen molar-refractivity contribution in [2.45, 2.75) is 26.1 Å². The number of benzene rings is 1. The number of rotatable bonds is 5. The fourth-order valence-corrected chi connectivity index (χ4v) is 2.26. The predicted molar refractivity (Wildman–Crippen MR) is 76.9 cm³/mol. The first-order valence-corrected chi connectivity index (χ1v) is 7.00. The van der Waals surface area contributed by atoms with Gasteiger partial charge in [-0.3, -0.25) is 4.79 Å². The van der Waals surface area contributed by atoms with Crippen LogP contribution < -0.4 is 15.4 Å². The normalized spacial score (nSPS) is 22.0. The maximum Gasteiger partial charge on any atom is 0.255 e. The summed E-state index contributed by atoms with van der Waals surface area (Å²) in [6.45, 7) is 5.63. The highest BCUT2D eigenvalue weighted by molar-refractivity contribution is 5.96. The van der Waals surface area contributed by atoms with Gasteiger partial charge < -0.3 is 20.5 Å². The first-order chi connectivity index (χ1) is 9.58. The molecular weight excluding hydrogens is 256 g/mol. The van der Waals surface area contributed by atoms with E-state index in [1.165, 1.54) is 0 Å². The third-order valence-electron chi connectivity index (χ3n) is 3.32. The monoisotopic (exact) mass is 278 g/mol. The second-order valence-electron chi connectivity index (χ2n) is 5.36. The van der Waals surface area contributed by atoms with E-state index in [9.17, 15) is 9.90 Å². The summed E-state index contributed by atoms with van der Waals surface area (Å²) in [5, 5.41) is 15.7. The first kappa shape index (κ1) is 14.8. The molecule has 0 radical (unpaired) electrons. The van der Waals surface area contributed by atoms with Crippen molar-refractivity contribution in [1.29, 1.82) is 0 Å². The summed E-state index contributed by atoms with van der Waals surface area (Å²) in [5.74, 6) is 0.488. The highest BCUT2D eigenvalue weighted by atomic mass is 16.5. The molecule has 1 aliphatic rings. The molecule has 2 rings (SSSR count). The van der Waals surface area contributed by atoms with E-state index in [1.807, 2.05) is 26.0 Å². The molecule has 1 heterocycles. The molecule has 5 heteroatoms. The number of aliphatic hydroxyl groups excluding tert-OH is 1. The first-order valence-electron chi connectivity index (χ1n) is 7.00. The second-order valence-corrected chi connectivity index (χ2v) is 5.36. The average Bonchev–Trinajstić information content (AvgIpc) is 2.81. The zero-order valence-corrected chi connectivity index (χ0v) is 11.9. The SMILES string of the molecule is CC(C)Oc1ccccc1C(=O)NCC1CNCC1O. The molecule has 3 N–H and O–H groups in total. The standard InChI is InChI=1S/C15H22N2O3/c1-10(2)20-14-6-4-3-5-12(14)15(19)17-8-11-7-16-9-13(11)18/h3-6,10-11,13,16,18H,7-9H2,1-2H3,(H,17,19). The average molecular weight is 278 g/mol. The quantitative estimate of drug-likeness (QED) is 0.744. The summed E-state index contributed by atoms with van der Waals surface area (Å²) in [7, 11) is 0. The fourth-order valence-electron chi connectivity index (χ4n) is 2.26. The summed E-state index contributed by atoms with van der Waals surface area (Å²) in [6.07, 6.45) is -0.373. The van der Waals surface area contributed by atoms with Gasteiger partial charge in [0.05, 0.1) is 17.8 Å². The smallest absolute Gasteiger partial charge is 0.255 e. The number of amides is 1. The van der Waals surface area contributed by atoms with Crippen LogP contribution in [-0.2, 0) is 0 Å². The van der Waals surface area contributed by atoms with Crippen molar-refractivity contribution in [3.05, 3.63) is 29.8 Å². The van der Waals surface area contributed by atoms with Crippen molar-refractivity contribution in [2.75, 3.05) is 19.6 Å². The third kappa shape index (κ3) is 3.71. The number of carbonyl (C=O) groups is 1. The minimum atomic E-state index is -0.391. The number of para-hydroxylation sites is 1. The predicted octanol–water partition coefficient (Wildman–Crippen LogP) is 0.784. The van der Waals surface area contributed by atoms with Gasteiger partial charge in [0.15, 0.2) is 0 Å². The summed E-state index contributed by atoms with van der Waals surface area (Å²) in [4.78, 5) is 12.2. The molecule has 1 saturated heterocycles. The number of ether oxygens (including phenoxy) is 1. The van der Waals surface area contributed by atoms with E-state index < -0.39 is 6.10 Å². The molecule has 1 aliphatic heterocycles. The summed E-state index contributed by atoms with van der Waals surface area (Å²) in [5.41, 5.74) is 0.529. The Morgan fingerprint density at radius 3 is 2.85 bits per heavy atom. The zero-order valence-electron chi connectivity index (χ0n) is 11.9. The van der Waals surface area contributed by atoms with Crippen LogP contribution in [0.4, 0.5) is 0 Å². The van der Waals surface area contributed by atoms with Crippen molar-refractivity contribution in [1.82, 2.24) is 10.6 Å². The van der Waals surface area contributed by atoms with Crippen LogP contribution in [0, 0.1) is 5.92 Å². The minimum absolute atomic E-state index is 0.0183. The summed E-state index contributed by atoms with van der Waals surface area (Å²) in [6, 6.07) is 7.20. The molecular formula is C15H22N2O3. The number of hydrogen-bond donors (Lipinski definition) is 3. The molecule has 2 atom stereocenters. The van der Waals surface area contributed by atoms with Crippen molar-refractivity contribution in [2.24, 2.45) is 5.92 Å². The Labute approximate surface area is 119 Å². The topological polar surface area (TPSA) is 70.6 Å². The minimum Gasteiger partial charge on any atom is -0.490 e. The van der Waals surface area contributed by atoms with Crippen molar-refractivity contribution >= 4 is 5.91 Å². The van der Waals surface area contributed by atoms with Gasteiger partial charge in [-0.2, -0.15) is 0 Å². The lowest BCUT2D eigenvalue weighted by molar-refractivity contribution is 0.0921. The van der Waals surface area contributed by atoms with E-state index in [-0.39, 0.29) is 17.9 Å². The Hall–Kier alpha value is -1.59. The Kier molecular flexibility index (Phi) is 4.98. The molecule has 1 aromatic carbocycles. The van der Waals surface area contributed by atoms with Crippen LogP contribution in [0.3, 0.4) is 0 Å². The molecule has 1 amide bonds. The molecule has 2 unspecified atom stereocenters. The van der Waals surface area contributed by atoms with Crippen LogP contribution in [-0.4, -0.2) is 42.9 Å². The van der Waals surface area contributed by atoms with E-state index >= 15 is 0 Å². The summed E-state index contributed by atoms with van der Waals surface area (Å²) < 4.78 is 5.64. The van der Waals surface area contributed by atoms with Crippen LogP contribution in [0.2, 0.25) is 0 Å². The molecule has 5 nitrogen and oxygen atoms in total. The Morgan fingerprint density at radius 2 is 2.20 bits per heavy atom. The number of carbonyl (C=O) groups excluding carboxylic acids is 1. The van der Waals surface area contributed by atoms with Crippen LogP contribution in [0.1, 0.15) is 24.2 Å². The van der Waals surface area contributed by atoms with Gasteiger partial charge in [-0.05, 0) is 26.0 Å². The molecule has 0 aromatic heterocycles. The highest BCUT2D eigenvalue weighted by Crippen LogP contribution is 2.19. The van der Waals surface area contributed by atoms with E-state index in [0.29, 0.717) is 24.4 Å². The largest absolute Gasteiger partial charge is 0.490 e. The molecule has 1 aromatic rings. The molecule has 0 bridgehead atoms. The maximum absolute atomic E-state index is 12.2. The van der Waals surface area contributed by atoms with Gasteiger partial charge in [0.1, 0.15) is 5.75 Å². The van der Waals surface area contributed by atoms with Gasteiger partial charge in [-0.25, -0.2) is 0 Å². The number of β-amino-alcohol motifs (C(OH)–C–C–N with tert-alkyl or cyclic N) is 1. The van der Waals surface area contributed by atoms with Crippen LogP contribution >= 0.6 is 0 Å². The van der Waals surface area contributed by atoms with Crippen LogP contribution in [0.25, 0.3) is 0 Å². The lowest BCUT2D eigenvalue weighted by atomic mass is 10.1. The van der Waals surface area contributed by atoms with Gasteiger partial charge in [-0.1, -0.05) is 12.1 Å². The Morgan fingerprint density at radius 1 is 1.45 bits per heavy atom. The lowest BCUT2D eigenvalue weighted by Crippen LogP contribution is -2.34. The van der Waals surface area contributed by atoms with Gasteiger partial charge in [0, 0.05) is 25.6 Å². The highest BCUT2D eigenvalue weighted by Gasteiger charge is 2.25. The number of aliphatic hydroxyl groups is 1. The van der Waals surface area contributed by atoms with Gasteiger partial charge in [0.25, 0.3) is 5.91 Å². The van der Waals surface area contributed by atoms with Gasteiger partial charge >= 0.3 is 0 Å². The Balaban J connectivity index is 1.98. The summed E-state index contributed by atoms with van der Waals surface area (Å²) >= 11 is 0. The van der Waals surface area contributed by atoms with E-state index in [0.717, 1.165) is 6.54 Å². The van der Waals surface area contributed by atoms with Crippen LogP contribution in [0.5, 0.6) is 5.75 Å². The molecule has 0 aliphatic carbocycles. The van der Waals surface area contributed by atoms with Gasteiger partial charge in [-0.15, -0.1) is 0 Å².